The summed E-state index contributed by atoms with van der Waals surface area (Å²) >= 11 is 0. The Kier molecular flexibility index (Phi) is 8.45. The summed E-state index contributed by atoms with van der Waals surface area (Å²) in [6, 6.07) is 4.32. The number of aryl methyl sites for hydroxylation is 1. The molecule has 0 saturated carbocycles. The lowest BCUT2D eigenvalue weighted by molar-refractivity contribution is -0.135. The molecule has 7 heteroatoms. The average molecular weight is 360 g/mol. The summed E-state index contributed by atoms with van der Waals surface area (Å²) in [5.74, 6) is -2.53. The molecular formula is C18H23F3O4. The van der Waals surface area contributed by atoms with Gasteiger partial charge < -0.3 is 10.2 Å². The number of hydrogen-bond acceptors (Lipinski definition) is 2. The van der Waals surface area contributed by atoms with Gasteiger partial charge in [0.25, 0.3) is 0 Å². The van der Waals surface area contributed by atoms with E-state index in [0.29, 0.717) is 12.8 Å². The van der Waals surface area contributed by atoms with Gasteiger partial charge in [0, 0.05) is 6.42 Å². The molecule has 0 unspecified atom stereocenters. The van der Waals surface area contributed by atoms with Crippen LogP contribution in [0.25, 0.3) is 0 Å². The third-order valence-corrected chi connectivity index (χ3v) is 3.97. The van der Waals surface area contributed by atoms with Gasteiger partial charge in [-0.2, -0.15) is 13.2 Å². The summed E-state index contributed by atoms with van der Waals surface area (Å²) in [5, 5.41) is 18.0. The second-order valence-corrected chi connectivity index (χ2v) is 6.08. The van der Waals surface area contributed by atoms with Gasteiger partial charge in [0.2, 0.25) is 0 Å². The molecule has 4 nitrogen and oxygen atoms in total. The largest absolute Gasteiger partial charge is 0.478 e. The van der Waals surface area contributed by atoms with E-state index in [1.54, 1.807) is 6.07 Å². The molecule has 0 aliphatic carbocycles. The van der Waals surface area contributed by atoms with E-state index in [-0.39, 0.29) is 17.5 Å². The van der Waals surface area contributed by atoms with Crippen molar-refractivity contribution in [3.8, 4) is 0 Å². The Bertz CT molecular complexity index is 582. The summed E-state index contributed by atoms with van der Waals surface area (Å²) in [7, 11) is 0. The highest BCUT2D eigenvalue weighted by atomic mass is 19.4. The molecule has 0 spiro atoms. The highest BCUT2D eigenvalue weighted by Gasteiger charge is 2.25. The van der Waals surface area contributed by atoms with E-state index >= 15 is 0 Å². The van der Waals surface area contributed by atoms with E-state index < -0.39 is 24.5 Å². The van der Waals surface area contributed by atoms with Gasteiger partial charge in [-0.1, -0.05) is 38.2 Å². The summed E-state index contributed by atoms with van der Waals surface area (Å²) in [5.41, 5.74) is 0.331. The maximum absolute atomic E-state index is 12.0. The molecular weight excluding hydrogens is 337 g/mol. The molecule has 0 fully saturated rings. The molecule has 0 amide bonds. The van der Waals surface area contributed by atoms with Crippen LogP contribution < -0.4 is 0 Å². The van der Waals surface area contributed by atoms with Crippen molar-refractivity contribution in [3.05, 3.63) is 34.9 Å². The zero-order chi connectivity index (χ0) is 18.9. The van der Waals surface area contributed by atoms with Crippen LogP contribution in [0.15, 0.2) is 18.2 Å². The quantitative estimate of drug-likeness (QED) is 0.525. The van der Waals surface area contributed by atoms with Crippen molar-refractivity contribution in [2.45, 2.75) is 64.0 Å². The van der Waals surface area contributed by atoms with Gasteiger partial charge in [-0.15, -0.1) is 0 Å². The highest BCUT2D eigenvalue weighted by molar-refractivity contribution is 6.01. The van der Waals surface area contributed by atoms with E-state index in [2.05, 4.69) is 0 Å². The highest BCUT2D eigenvalue weighted by Crippen LogP contribution is 2.23. The molecule has 1 aromatic carbocycles. The molecule has 0 aromatic heterocycles. The second-order valence-electron chi connectivity index (χ2n) is 6.08. The van der Waals surface area contributed by atoms with E-state index in [1.165, 1.54) is 12.1 Å². The molecule has 1 aromatic rings. The number of alkyl halides is 3. The topological polar surface area (TPSA) is 74.6 Å². The van der Waals surface area contributed by atoms with Gasteiger partial charge in [0.05, 0.1) is 11.1 Å². The van der Waals surface area contributed by atoms with Crippen molar-refractivity contribution in [2.75, 3.05) is 0 Å². The second kappa shape index (κ2) is 10.1. The predicted molar refractivity (Wildman–Crippen MR) is 87.1 cm³/mol. The van der Waals surface area contributed by atoms with Gasteiger partial charge in [-0.3, -0.25) is 0 Å². The molecule has 0 atom stereocenters. The molecule has 0 radical (unpaired) electrons. The van der Waals surface area contributed by atoms with Gasteiger partial charge in [0.1, 0.15) is 0 Å². The van der Waals surface area contributed by atoms with Crippen LogP contribution in [0.1, 0.15) is 77.6 Å². The molecule has 0 heterocycles. The molecule has 2 N–H and O–H groups in total. The molecule has 25 heavy (non-hydrogen) atoms. The zero-order valence-corrected chi connectivity index (χ0v) is 13.9. The Hall–Kier alpha value is -2.05. The summed E-state index contributed by atoms with van der Waals surface area (Å²) < 4.78 is 35.9. The lowest BCUT2D eigenvalue weighted by atomic mass is 9.99. The first-order chi connectivity index (χ1) is 11.7. The van der Waals surface area contributed by atoms with Crippen molar-refractivity contribution >= 4 is 11.9 Å². The van der Waals surface area contributed by atoms with Crippen molar-refractivity contribution in [2.24, 2.45) is 0 Å². The monoisotopic (exact) mass is 360 g/mol. The van der Waals surface area contributed by atoms with Crippen molar-refractivity contribution in [3.63, 3.8) is 0 Å². The van der Waals surface area contributed by atoms with Gasteiger partial charge in [-0.25, -0.2) is 9.59 Å². The normalized spacial score (nSPS) is 11.5. The first-order valence-electron chi connectivity index (χ1n) is 8.37. The van der Waals surface area contributed by atoms with Gasteiger partial charge in [-0.05, 0) is 37.0 Å². The summed E-state index contributed by atoms with van der Waals surface area (Å²) in [6.07, 6.45) is 0.949. The Labute approximate surface area is 144 Å². The number of hydrogen-bond donors (Lipinski definition) is 2. The minimum absolute atomic E-state index is 0.178. The number of aromatic carboxylic acids is 2. The predicted octanol–water partition coefficient (Wildman–Crippen LogP) is 5.31. The van der Waals surface area contributed by atoms with Crippen molar-refractivity contribution in [1.29, 1.82) is 0 Å². The summed E-state index contributed by atoms with van der Waals surface area (Å²) in [6.45, 7) is 0. The Morgan fingerprint density at radius 1 is 0.800 bits per heavy atom. The molecule has 0 saturated heterocycles. The van der Waals surface area contributed by atoms with E-state index in [0.717, 1.165) is 37.7 Å². The van der Waals surface area contributed by atoms with Crippen LogP contribution in [0, 0.1) is 0 Å². The molecule has 1 rings (SSSR count). The van der Waals surface area contributed by atoms with Crippen LogP contribution in [0.2, 0.25) is 0 Å². The number of carboxylic acids is 2. The van der Waals surface area contributed by atoms with E-state index in [9.17, 15) is 22.8 Å². The van der Waals surface area contributed by atoms with Crippen LogP contribution in [-0.4, -0.2) is 28.3 Å². The fourth-order valence-corrected chi connectivity index (χ4v) is 2.65. The number of unbranched alkanes of at least 4 members (excludes halogenated alkanes) is 6. The fraction of sp³-hybridized carbons (Fsp3) is 0.556. The first kappa shape index (κ1) is 21.0. The number of carbonyl (C=O) groups is 2. The standard InChI is InChI=1S/C18H23F3O4/c19-18(20,21)11-7-5-3-1-2-4-6-8-13-9-10-14(16(22)23)15(12-13)17(24)25/h9-10,12H,1-8,11H2,(H,22,23)(H,24,25). The third kappa shape index (κ3) is 8.56. The first-order valence-corrected chi connectivity index (χ1v) is 8.37. The van der Waals surface area contributed by atoms with Crippen LogP contribution in [0.5, 0.6) is 0 Å². The fourth-order valence-electron chi connectivity index (χ4n) is 2.65. The molecule has 0 aliphatic heterocycles. The maximum Gasteiger partial charge on any atom is 0.389 e. The molecule has 0 bridgehead atoms. The van der Waals surface area contributed by atoms with Gasteiger partial charge in [0.15, 0.2) is 0 Å². The van der Waals surface area contributed by atoms with E-state index in [4.69, 9.17) is 10.2 Å². The number of rotatable bonds is 11. The lowest BCUT2D eigenvalue weighted by Gasteiger charge is -2.07. The number of halogens is 3. The van der Waals surface area contributed by atoms with Crippen LogP contribution in [-0.2, 0) is 6.42 Å². The van der Waals surface area contributed by atoms with E-state index in [1.807, 2.05) is 0 Å². The smallest absolute Gasteiger partial charge is 0.389 e. The van der Waals surface area contributed by atoms with Crippen LogP contribution >= 0.6 is 0 Å². The minimum atomic E-state index is -4.06. The number of benzene rings is 1. The molecule has 140 valence electrons. The average Bonchev–Trinajstić information content (AvgIpc) is 2.51. The van der Waals surface area contributed by atoms with Gasteiger partial charge >= 0.3 is 18.1 Å². The lowest BCUT2D eigenvalue weighted by Crippen LogP contribution is -2.08. The molecule has 0 aliphatic rings. The van der Waals surface area contributed by atoms with Crippen molar-refractivity contribution in [1.82, 2.24) is 0 Å². The number of carboxylic acid groups (broad SMARTS) is 2. The van der Waals surface area contributed by atoms with Crippen LogP contribution in [0.3, 0.4) is 0 Å². The third-order valence-electron chi connectivity index (χ3n) is 3.97. The Balaban J connectivity index is 2.25. The Morgan fingerprint density at radius 3 is 1.84 bits per heavy atom. The van der Waals surface area contributed by atoms with Crippen LogP contribution in [0.4, 0.5) is 13.2 Å². The minimum Gasteiger partial charge on any atom is -0.478 e. The maximum atomic E-state index is 12.0. The SMILES string of the molecule is O=C(O)c1ccc(CCCCCCCCCC(F)(F)F)cc1C(=O)O. The zero-order valence-electron chi connectivity index (χ0n) is 13.9. The van der Waals surface area contributed by atoms with Crippen molar-refractivity contribution < 1.29 is 33.0 Å². The summed E-state index contributed by atoms with van der Waals surface area (Å²) in [4.78, 5) is 22.1. The Morgan fingerprint density at radius 2 is 1.32 bits per heavy atom.